The largest absolute Gasteiger partial charge is 0.508 e. The number of carboxylic acids is 1. The van der Waals surface area contributed by atoms with Crippen molar-refractivity contribution in [1.29, 1.82) is 0 Å². The number of fused-ring (bicyclic) bond motifs is 15. The fourth-order valence-corrected chi connectivity index (χ4v) is 14.3. The number of ether oxygens (including phenoxy) is 6. The molecule has 18 atom stereocenters. The Labute approximate surface area is 665 Å². The van der Waals surface area contributed by atoms with Gasteiger partial charge in [-0.2, -0.15) is 0 Å². The Morgan fingerprint density at radius 2 is 1.25 bits per heavy atom. The predicted molar refractivity (Wildman–Crippen MR) is 406 cm³/mol. The molecule has 0 saturated carbocycles. The molecule has 0 spiro atoms. The topological polar surface area (TPSA) is 530 Å². The Morgan fingerprint density at radius 1 is 0.658 bits per heavy atom. The second-order valence-corrected chi connectivity index (χ2v) is 29.8. The molecule has 114 heavy (non-hydrogen) atoms. The standard InChI is InChI=1S/C66H75Cl2N9O24.C12H9Cl/c1-23(2)12-34(71-5)58(88)76-49-51(83)26-7-10-38(32(67)14-26)97-40-16-28-17-41(55(40)101-65-56(54(86)53(85)42(22-78)99-65)100-44-21-66(4,70)57(87)24(3)96-44)98-39-11-8-27(15-33(39)68)52(84)50-63(93)75-48(64(94)95)31-18-29(79)19-37(81)45(31)30-13-25(6-9-36(30)80)46(60(90)77-50)74-61(91)47(28)73-59(89)35(20-43(69)82)72-62(49)92;13-12-8-6-11(7-9-12)10-4-2-1-3-5-10/h6-11,13-19,23-24,34-35,42,44,46-54,56-57,65,71,78-81,83-87H,12,20-22,70H2,1-5H3,(H2,69,82)(H,72,92)(H,73,89)(H,74,91)(H,75,93)(H,76,88)(H,77,90)(H,94,95);1-9H/t24-,34+,35-,42+,44-,46+,47+,48+,49+,50-,51+,52+,53+,54-,56+,57?,65-,66-;/m0./s1. The Bertz CT molecular complexity index is 4800. The molecule has 0 radical (unpaired) electrons. The summed E-state index contributed by atoms with van der Waals surface area (Å²) in [6, 6.07) is 17.4. The fourth-order valence-electron chi connectivity index (χ4n) is 13.8. The van der Waals surface area contributed by atoms with Crippen LogP contribution in [0.5, 0.6) is 46.0 Å². The Kier molecular flexibility index (Phi) is 26.3. The molecular formula is C78H84Cl3N9O24. The minimum atomic E-state index is -2.35. The number of aliphatic hydroxyl groups is 6. The highest BCUT2D eigenvalue weighted by Gasteiger charge is 2.52. The zero-order valence-corrected chi connectivity index (χ0v) is 63.7. The summed E-state index contributed by atoms with van der Waals surface area (Å²) in [5.41, 5.74) is 10.4. The minimum absolute atomic E-state index is 0.0975. The number of aliphatic hydroxyl groups excluding tert-OH is 6. The van der Waals surface area contributed by atoms with Gasteiger partial charge in [-0.1, -0.05) is 109 Å². The molecule has 11 bridgehead atoms. The van der Waals surface area contributed by atoms with Crippen LogP contribution in [0.15, 0.2) is 133 Å². The maximum atomic E-state index is 16.0. The summed E-state index contributed by atoms with van der Waals surface area (Å²) >= 11 is 19.9. The predicted octanol–water partition coefficient (Wildman–Crippen LogP) is 4.11. The minimum Gasteiger partial charge on any atom is -0.508 e. The molecule has 7 aromatic rings. The lowest BCUT2D eigenvalue weighted by Crippen LogP contribution is -2.64. The van der Waals surface area contributed by atoms with Gasteiger partial charge in [0.1, 0.15) is 89.5 Å². The average Bonchev–Trinajstić information content (AvgIpc) is 0.768. The van der Waals surface area contributed by atoms with Crippen molar-refractivity contribution >= 4 is 82.1 Å². The number of nitrogens with two attached hydrogens (primary N) is 2. The lowest BCUT2D eigenvalue weighted by atomic mass is 9.86. The van der Waals surface area contributed by atoms with Crippen LogP contribution in [0.3, 0.4) is 0 Å². The third-order valence-electron chi connectivity index (χ3n) is 19.7. The number of aliphatic carboxylic acids is 1. The summed E-state index contributed by atoms with van der Waals surface area (Å²) in [7, 11) is 1.47. The number of benzene rings is 7. The number of nitrogens with one attached hydrogen (secondary N) is 7. The highest BCUT2D eigenvalue weighted by Crippen LogP contribution is 2.50. The molecule has 7 aliphatic rings. The fraction of sp³-hybridized carbons (Fsp3) is 0.359. The molecule has 0 aromatic heterocycles. The van der Waals surface area contributed by atoms with Crippen LogP contribution in [0.4, 0.5) is 0 Å². The highest BCUT2D eigenvalue weighted by atomic mass is 35.5. The summed E-state index contributed by atoms with van der Waals surface area (Å²) in [6.07, 6.45) is -18.6. The van der Waals surface area contributed by atoms with Crippen LogP contribution < -0.4 is 62.9 Å². The number of primary amides is 1. The lowest BCUT2D eigenvalue weighted by Gasteiger charge is -2.47. The zero-order valence-electron chi connectivity index (χ0n) is 61.4. The molecule has 7 amide bonds. The molecule has 606 valence electrons. The molecule has 0 aliphatic carbocycles. The van der Waals surface area contributed by atoms with E-state index in [1.165, 1.54) is 44.2 Å². The third kappa shape index (κ3) is 18.8. The monoisotopic (exact) mass is 1640 g/mol. The molecule has 1 unspecified atom stereocenters. The molecule has 33 nitrogen and oxygen atoms in total. The number of aromatic hydroxyl groups is 3. The molecule has 21 N–H and O–H groups in total. The number of likely N-dealkylation sites (N-methyl/N-ethyl adjacent to an activating group) is 1. The first-order valence-corrected chi connectivity index (χ1v) is 36.9. The van der Waals surface area contributed by atoms with Crippen LogP contribution in [0, 0.1) is 5.92 Å². The van der Waals surface area contributed by atoms with Gasteiger partial charge in [0.05, 0.1) is 41.3 Å². The zero-order chi connectivity index (χ0) is 82.6. The Balaban J connectivity index is 0.000000889. The van der Waals surface area contributed by atoms with E-state index in [1.807, 2.05) is 56.3 Å². The van der Waals surface area contributed by atoms with E-state index < -0.39 is 237 Å². The Morgan fingerprint density at radius 3 is 1.84 bits per heavy atom. The summed E-state index contributed by atoms with van der Waals surface area (Å²) in [6.45, 7) is 5.66. The molecule has 2 fully saturated rings. The van der Waals surface area contributed by atoms with Crippen molar-refractivity contribution in [3.8, 4) is 68.2 Å². The second-order valence-electron chi connectivity index (χ2n) is 28.6. The third-order valence-corrected chi connectivity index (χ3v) is 20.6. The van der Waals surface area contributed by atoms with E-state index in [0.29, 0.717) is 0 Å². The van der Waals surface area contributed by atoms with Gasteiger partial charge < -0.3 is 128 Å². The number of carbonyl (C=O) groups is 8. The molecule has 14 rings (SSSR count). The number of halogens is 3. The quantitative estimate of drug-likeness (QED) is 0.0728. The number of phenolic OH excluding ortho intramolecular Hbond substituents is 3. The number of phenols is 3. The van der Waals surface area contributed by atoms with Crippen LogP contribution in [-0.2, 0) is 52.6 Å². The van der Waals surface area contributed by atoms with Crippen molar-refractivity contribution in [2.45, 2.75) is 156 Å². The maximum Gasteiger partial charge on any atom is 0.330 e. The van der Waals surface area contributed by atoms with Gasteiger partial charge in [-0.05, 0) is 133 Å². The first kappa shape index (κ1) is 84.4. The van der Waals surface area contributed by atoms with E-state index in [4.69, 9.17) is 74.7 Å². The number of rotatable bonds is 14. The molecule has 7 aromatic carbocycles. The van der Waals surface area contributed by atoms with Crippen LogP contribution in [0.1, 0.15) is 105 Å². The van der Waals surface area contributed by atoms with Crippen molar-refractivity contribution < 1.29 is 118 Å². The van der Waals surface area contributed by atoms with Crippen LogP contribution in [-0.4, -0.2) is 191 Å². The lowest BCUT2D eigenvalue weighted by molar-refractivity contribution is -0.333. The van der Waals surface area contributed by atoms with E-state index in [2.05, 4.69) is 49.4 Å². The van der Waals surface area contributed by atoms with E-state index >= 15 is 14.4 Å². The van der Waals surface area contributed by atoms with Crippen LogP contribution in [0.25, 0.3) is 22.3 Å². The van der Waals surface area contributed by atoms with E-state index in [1.54, 1.807) is 0 Å². The van der Waals surface area contributed by atoms with Crippen molar-refractivity contribution in [1.82, 2.24) is 37.2 Å². The average molecular weight is 1640 g/mol. The number of hydrogen-bond donors (Lipinski definition) is 19. The summed E-state index contributed by atoms with van der Waals surface area (Å²) < 4.78 is 38.3. The van der Waals surface area contributed by atoms with Crippen molar-refractivity contribution in [3.63, 3.8) is 0 Å². The number of carboxylic acid groups (broad SMARTS) is 1. The molecule has 7 heterocycles. The molecule has 2 saturated heterocycles. The SMILES string of the molecule is CN[C@H](CC(C)C)C(=O)N[C@H]1C(=O)N[C@@H](CC(N)=O)C(=O)N[C@H]2C(=O)N[C@H]3C(=O)N[C@H](C(=O)N[C@@H](C(=O)O)c4cc(O)cc(O)c4-c4cc3ccc4O)[C@H](O)c3ccc(c(Cl)c3)Oc3cc2cc(c3O[C@@H]2O[C@H](CO)[C@@H](O)[C@H](O)[C@H]2O[C@H]2C[C@](C)(N)C(O)[C@H](C)O2)Oc2ccc(cc2Cl)[C@H]1O.Clc1ccc(-c2ccccc2)cc1. The van der Waals surface area contributed by atoms with Gasteiger partial charge in [-0.25, -0.2) is 4.79 Å². The molecule has 36 heteroatoms. The van der Waals surface area contributed by atoms with E-state index in [-0.39, 0.29) is 46.2 Å². The Hall–Kier alpha value is -10.5. The van der Waals surface area contributed by atoms with E-state index in [9.17, 15) is 75.0 Å². The van der Waals surface area contributed by atoms with Crippen molar-refractivity contribution in [3.05, 3.63) is 176 Å². The van der Waals surface area contributed by atoms with Crippen LogP contribution >= 0.6 is 34.8 Å². The van der Waals surface area contributed by atoms with Gasteiger partial charge in [0.25, 0.3) is 0 Å². The second kappa shape index (κ2) is 35.5. The van der Waals surface area contributed by atoms with Gasteiger partial charge in [-0.15, -0.1) is 0 Å². The highest BCUT2D eigenvalue weighted by molar-refractivity contribution is 6.32. The smallest absolute Gasteiger partial charge is 0.330 e. The first-order chi connectivity index (χ1) is 54.0. The number of amides is 7. The van der Waals surface area contributed by atoms with Gasteiger partial charge in [-0.3, -0.25) is 33.6 Å². The van der Waals surface area contributed by atoms with Gasteiger partial charge in [0.15, 0.2) is 29.9 Å². The summed E-state index contributed by atoms with van der Waals surface area (Å²) in [4.78, 5) is 117. The summed E-state index contributed by atoms with van der Waals surface area (Å²) in [5, 5.41) is 131. The van der Waals surface area contributed by atoms with Gasteiger partial charge in [0, 0.05) is 39.7 Å². The van der Waals surface area contributed by atoms with Crippen LogP contribution in [0.2, 0.25) is 15.1 Å². The maximum absolute atomic E-state index is 16.0. The number of carbonyl (C=O) groups excluding carboxylic acids is 7. The molecule has 7 aliphatic heterocycles. The first-order valence-electron chi connectivity index (χ1n) is 35.8. The normalized spacial score (nSPS) is 27.2. The summed E-state index contributed by atoms with van der Waals surface area (Å²) in [5.74, 6) is -16.0. The van der Waals surface area contributed by atoms with Gasteiger partial charge >= 0.3 is 5.97 Å². The van der Waals surface area contributed by atoms with Crippen molar-refractivity contribution in [2.24, 2.45) is 17.4 Å². The van der Waals surface area contributed by atoms with Gasteiger partial charge in [0.2, 0.25) is 53.4 Å². The molecular weight excluding hydrogens is 1550 g/mol. The van der Waals surface area contributed by atoms with E-state index in [0.717, 1.165) is 71.8 Å². The van der Waals surface area contributed by atoms with Crippen molar-refractivity contribution in [2.75, 3.05) is 13.7 Å². The number of hydrogen-bond acceptors (Lipinski definition) is 25.